The van der Waals surface area contributed by atoms with Crippen LogP contribution in [0.25, 0.3) is 10.9 Å². The molecule has 0 fully saturated rings. The zero-order chi connectivity index (χ0) is 10.1. The van der Waals surface area contributed by atoms with Crippen LogP contribution in [-0.4, -0.2) is 9.97 Å². The second-order valence-electron chi connectivity index (χ2n) is 3.30. The SMILES string of the molecule is CCc1nc(Br)c2cc(C)ccc2n1. The number of nitrogens with zero attached hydrogens (tertiary/aromatic N) is 2. The topological polar surface area (TPSA) is 25.8 Å². The highest BCUT2D eigenvalue weighted by molar-refractivity contribution is 9.10. The quantitative estimate of drug-likeness (QED) is 0.727. The van der Waals surface area contributed by atoms with Gasteiger partial charge in [0.25, 0.3) is 0 Å². The van der Waals surface area contributed by atoms with Gasteiger partial charge in [-0.05, 0) is 35.0 Å². The summed E-state index contributed by atoms with van der Waals surface area (Å²) in [6.45, 7) is 4.13. The third kappa shape index (κ3) is 1.64. The molecular formula is C11H11BrN2. The van der Waals surface area contributed by atoms with E-state index in [0.717, 1.165) is 27.8 Å². The molecule has 0 aliphatic rings. The van der Waals surface area contributed by atoms with E-state index in [9.17, 15) is 0 Å². The normalized spacial score (nSPS) is 10.8. The van der Waals surface area contributed by atoms with Crippen LogP contribution in [0.5, 0.6) is 0 Å². The second kappa shape index (κ2) is 3.65. The van der Waals surface area contributed by atoms with Gasteiger partial charge < -0.3 is 0 Å². The van der Waals surface area contributed by atoms with Crippen LogP contribution in [0, 0.1) is 6.92 Å². The number of hydrogen-bond donors (Lipinski definition) is 0. The van der Waals surface area contributed by atoms with Gasteiger partial charge in [0.15, 0.2) is 0 Å². The van der Waals surface area contributed by atoms with Gasteiger partial charge in [0.2, 0.25) is 0 Å². The lowest BCUT2D eigenvalue weighted by atomic mass is 10.2. The van der Waals surface area contributed by atoms with E-state index in [2.05, 4.69) is 51.9 Å². The fourth-order valence-corrected chi connectivity index (χ4v) is 1.93. The van der Waals surface area contributed by atoms with Crippen LogP contribution in [0.2, 0.25) is 0 Å². The largest absolute Gasteiger partial charge is 0.233 e. The van der Waals surface area contributed by atoms with E-state index < -0.39 is 0 Å². The van der Waals surface area contributed by atoms with Crippen molar-refractivity contribution in [3.05, 3.63) is 34.2 Å². The van der Waals surface area contributed by atoms with Gasteiger partial charge in [-0.3, -0.25) is 0 Å². The molecule has 3 heteroatoms. The van der Waals surface area contributed by atoms with Crippen molar-refractivity contribution in [3.63, 3.8) is 0 Å². The predicted octanol–water partition coefficient (Wildman–Crippen LogP) is 3.26. The maximum Gasteiger partial charge on any atom is 0.130 e. The fourth-order valence-electron chi connectivity index (χ4n) is 1.41. The van der Waals surface area contributed by atoms with E-state index in [0.29, 0.717) is 0 Å². The lowest BCUT2D eigenvalue weighted by Crippen LogP contribution is -1.94. The molecule has 0 saturated carbocycles. The van der Waals surface area contributed by atoms with E-state index in [4.69, 9.17) is 0 Å². The van der Waals surface area contributed by atoms with Gasteiger partial charge in [0, 0.05) is 11.8 Å². The maximum atomic E-state index is 4.45. The van der Waals surface area contributed by atoms with Crippen LogP contribution in [0.3, 0.4) is 0 Å². The standard InChI is InChI=1S/C11H11BrN2/c1-3-10-13-9-5-4-7(2)6-8(9)11(12)14-10/h4-6H,3H2,1-2H3. The second-order valence-corrected chi connectivity index (χ2v) is 4.06. The summed E-state index contributed by atoms with van der Waals surface area (Å²) in [6.07, 6.45) is 0.864. The molecule has 1 aromatic heterocycles. The van der Waals surface area contributed by atoms with Gasteiger partial charge in [-0.25, -0.2) is 9.97 Å². The van der Waals surface area contributed by atoms with Crippen molar-refractivity contribution in [2.75, 3.05) is 0 Å². The minimum atomic E-state index is 0.864. The fraction of sp³-hybridized carbons (Fsp3) is 0.273. The molecule has 0 N–H and O–H groups in total. The molecule has 2 rings (SSSR count). The lowest BCUT2D eigenvalue weighted by molar-refractivity contribution is 0.950. The van der Waals surface area contributed by atoms with Crippen LogP contribution >= 0.6 is 15.9 Å². The predicted molar refractivity (Wildman–Crippen MR) is 61.4 cm³/mol. The Morgan fingerprint density at radius 1 is 1.29 bits per heavy atom. The summed E-state index contributed by atoms with van der Waals surface area (Å²) in [5, 5.41) is 1.09. The van der Waals surface area contributed by atoms with Crippen LogP contribution in [0.15, 0.2) is 22.8 Å². The Morgan fingerprint density at radius 2 is 2.07 bits per heavy atom. The first-order chi connectivity index (χ1) is 6.70. The number of benzene rings is 1. The average Bonchev–Trinajstić information content (AvgIpc) is 2.19. The number of aryl methyl sites for hydroxylation is 2. The van der Waals surface area contributed by atoms with Gasteiger partial charge in [-0.2, -0.15) is 0 Å². The Kier molecular flexibility index (Phi) is 2.50. The average molecular weight is 251 g/mol. The summed E-state index contributed by atoms with van der Waals surface area (Å²) in [6, 6.07) is 6.20. The summed E-state index contributed by atoms with van der Waals surface area (Å²) in [5.74, 6) is 0.883. The first kappa shape index (κ1) is 9.59. The Morgan fingerprint density at radius 3 is 2.79 bits per heavy atom. The molecule has 0 spiro atoms. The Balaban J connectivity index is 2.76. The van der Waals surface area contributed by atoms with E-state index in [1.165, 1.54) is 5.56 Å². The first-order valence-corrected chi connectivity index (χ1v) is 5.43. The smallest absolute Gasteiger partial charge is 0.130 e. The van der Waals surface area contributed by atoms with E-state index >= 15 is 0 Å². The van der Waals surface area contributed by atoms with Gasteiger partial charge in [0.1, 0.15) is 10.4 Å². The molecule has 2 nitrogen and oxygen atoms in total. The summed E-state index contributed by atoms with van der Waals surface area (Å²) in [4.78, 5) is 8.82. The number of halogens is 1. The minimum absolute atomic E-state index is 0.864. The van der Waals surface area contributed by atoms with Crippen molar-refractivity contribution < 1.29 is 0 Å². The molecule has 0 atom stereocenters. The van der Waals surface area contributed by atoms with Gasteiger partial charge >= 0.3 is 0 Å². The maximum absolute atomic E-state index is 4.45. The summed E-state index contributed by atoms with van der Waals surface area (Å²) < 4.78 is 0.892. The van der Waals surface area contributed by atoms with Crippen molar-refractivity contribution in [2.24, 2.45) is 0 Å². The molecule has 0 aliphatic carbocycles. The van der Waals surface area contributed by atoms with Crippen molar-refractivity contribution in [1.82, 2.24) is 9.97 Å². The number of aromatic nitrogens is 2. The Labute approximate surface area is 91.5 Å². The molecule has 2 aromatic rings. The molecule has 0 amide bonds. The zero-order valence-corrected chi connectivity index (χ0v) is 9.80. The lowest BCUT2D eigenvalue weighted by Gasteiger charge is -2.03. The molecule has 1 heterocycles. The molecule has 0 unspecified atom stereocenters. The Bertz CT molecular complexity index is 480. The third-order valence-corrected chi connectivity index (χ3v) is 2.77. The van der Waals surface area contributed by atoms with Crippen molar-refractivity contribution >= 4 is 26.8 Å². The van der Waals surface area contributed by atoms with Gasteiger partial charge in [0.05, 0.1) is 5.52 Å². The monoisotopic (exact) mass is 250 g/mol. The van der Waals surface area contributed by atoms with Crippen LogP contribution in [-0.2, 0) is 6.42 Å². The minimum Gasteiger partial charge on any atom is -0.233 e. The third-order valence-electron chi connectivity index (χ3n) is 2.17. The molecule has 0 bridgehead atoms. The Hall–Kier alpha value is -0.960. The highest BCUT2D eigenvalue weighted by atomic mass is 79.9. The first-order valence-electron chi connectivity index (χ1n) is 4.63. The van der Waals surface area contributed by atoms with Crippen molar-refractivity contribution in [2.45, 2.75) is 20.3 Å². The number of fused-ring (bicyclic) bond motifs is 1. The molecule has 72 valence electrons. The van der Waals surface area contributed by atoms with Crippen molar-refractivity contribution in [3.8, 4) is 0 Å². The van der Waals surface area contributed by atoms with E-state index in [1.807, 2.05) is 6.07 Å². The molecule has 0 radical (unpaired) electrons. The van der Waals surface area contributed by atoms with Crippen molar-refractivity contribution in [1.29, 1.82) is 0 Å². The van der Waals surface area contributed by atoms with Gasteiger partial charge in [-0.15, -0.1) is 0 Å². The highest BCUT2D eigenvalue weighted by Crippen LogP contribution is 2.21. The van der Waals surface area contributed by atoms with Crippen LogP contribution in [0.1, 0.15) is 18.3 Å². The molecule has 1 aromatic carbocycles. The summed E-state index contributed by atoms with van der Waals surface area (Å²) in [7, 11) is 0. The van der Waals surface area contributed by atoms with E-state index in [1.54, 1.807) is 0 Å². The zero-order valence-electron chi connectivity index (χ0n) is 8.21. The van der Waals surface area contributed by atoms with E-state index in [-0.39, 0.29) is 0 Å². The van der Waals surface area contributed by atoms with Crippen LogP contribution in [0.4, 0.5) is 0 Å². The molecule has 0 aliphatic heterocycles. The van der Waals surface area contributed by atoms with Crippen LogP contribution < -0.4 is 0 Å². The van der Waals surface area contributed by atoms with Gasteiger partial charge in [-0.1, -0.05) is 18.6 Å². The summed E-state index contributed by atoms with van der Waals surface area (Å²) >= 11 is 3.47. The highest BCUT2D eigenvalue weighted by Gasteiger charge is 2.03. The number of hydrogen-bond acceptors (Lipinski definition) is 2. The molecule has 14 heavy (non-hydrogen) atoms. The number of rotatable bonds is 1. The molecular weight excluding hydrogens is 240 g/mol. The molecule has 0 saturated heterocycles. The summed E-state index contributed by atoms with van der Waals surface area (Å²) in [5.41, 5.74) is 2.24.